The number of amides is 4. The molecular weight excluding hydrogens is 362 g/mol. The third kappa shape index (κ3) is 6.49. The molecule has 1 saturated heterocycles. The van der Waals surface area contributed by atoms with Gasteiger partial charge in [-0.25, -0.2) is 4.79 Å². The monoisotopic (exact) mass is 387 g/mol. The Morgan fingerprint density at radius 3 is 2.33 bits per heavy atom. The summed E-state index contributed by atoms with van der Waals surface area (Å²) in [6, 6.07) is -3.60. The highest BCUT2D eigenvalue weighted by molar-refractivity contribution is 5.94. The summed E-state index contributed by atoms with van der Waals surface area (Å²) in [6.45, 7) is -0.964. The van der Waals surface area contributed by atoms with E-state index >= 15 is 0 Å². The van der Waals surface area contributed by atoms with E-state index in [1.807, 2.05) is 0 Å². The predicted octanol–water partition coefficient (Wildman–Crippen LogP) is -3.75. The van der Waals surface area contributed by atoms with Crippen molar-refractivity contribution >= 4 is 29.6 Å². The van der Waals surface area contributed by atoms with Crippen LogP contribution in [0.15, 0.2) is 0 Å². The maximum Gasteiger partial charge on any atom is 0.326 e. The summed E-state index contributed by atoms with van der Waals surface area (Å²) in [5.41, 5.74) is 10.2. The maximum atomic E-state index is 12.5. The summed E-state index contributed by atoms with van der Waals surface area (Å²) in [5.74, 6) is -4.08. The molecule has 3 unspecified atom stereocenters. The van der Waals surface area contributed by atoms with Crippen molar-refractivity contribution in [1.29, 1.82) is 0 Å². The number of nitrogens with zero attached hydrogens (tertiary/aromatic N) is 1. The number of aliphatic carboxylic acids is 1. The molecule has 1 fully saturated rings. The van der Waals surface area contributed by atoms with Crippen LogP contribution in [0.4, 0.5) is 0 Å². The Balaban J connectivity index is 2.82. The van der Waals surface area contributed by atoms with Crippen molar-refractivity contribution in [3.05, 3.63) is 0 Å². The molecule has 0 saturated carbocycles. The molecule has 1 aliphatic rings. The van der Waals surface area contributed by atoms with E-state index in [4.69, 9.17) is 16.6 Å². The second kappa shape index (κ2) is 10.4. The van der Waals surface area contributed by atoms with E-state index < -0.39 is 60.9 Å². The van der Waals surface area contributed by atoms with Gasteiger partial charge in [-0.05, 0) is 19.3 Å². The lowest BCUT2D eigenvalue weighted by Crippen LogP contribution is -2.57. The molecule has 12 nitrogen and oxygen atoms in total. The van der Waals surface area contributed by atoms with Gasteiger partial charge in [0.25, 0.3) is 0 Å². The van der Waals surface area contributed by atoms with Crippen molar-refractivity contribution in [1.82, 2.24) is 15.5 Å². The first-order chi connectivity index (χ1) is 12.7. The zero-order chi connectivity index (χ0) is 20.6. The third-order valence-electron chi connectivity index (χ3n) is 4.13. The average Bonchev–Trinajstić information content (AvgIpc) is 3.11. The Morgan fingerprint density at radius 1 is 1.15 bits per heavy atom. The molecular formula is C15H25N5O7. The quantitative estimate of drug-likeness (QED) is 0.219. The van der Waals surface area contributed by atoms with Crippen molar-refractivity contribution in [3.63, 3.8) is 0 Å². The number of carbonyl (C=O) groups is 5. The smallest absolute Gasteiger partial charge is 0.326 e. The molecule has 1 rings (SSSR count). The predicted molar refractivity (Wildman–Crippen MR) is 90.8 cm³/mol. The van der Waals surface area contributed by atoms with Crippen LogP contribution in [-0.2, 0) is 24.0 Å². The molecule has 0 bridgehead atoms. The van der Waals surface area contributed by atoms with Crippen LogP contribution in [0, 0.1) is 0 Å². The van der Waals surface area contributed by atoms with E-state index in [-0.39, 0.29) is 25.8 Å². The largest absolute Gasteiger partial charge is 0.480 e. The topological polar surface area (TPSA) is 205 Å². The maximum absolute atomic E-state index is 12.5. The minimum atomic E-state index is -1.39. The Bertz CT molecular complexity index is 597. The van der Waals surface area contributed by atoms with E-state index in [9.17, 15) is 29.1 Å². The van der Waals surface area contributed by atoms with Crippen LogP contribution in [0.5, 0.6) is 0 Å². The number of likely N-dealkylation sites (tertiary alicyclic amines) is 1. The van der Waals surface area contributed by atoms with E-state index in [1.54, 1.807) is 0 Å². The fraction of sp³-hybridized carbons (Fsp3) is 0.667. The first-order valence-corrected chi connectivity index (χ1v) is 8.43. The number of hydrogen-bond acceptors (Lipinski definition) is 7. The molecule has 12 heteroatoms. The number of rotatable bonds is 10. The standard InChI is InChI=1S/C15H25N5O7/c16-6-12(23)18-8(3-4-11(17)22)13(24)19-9(7-21)14(25)20-5-1-2-10(20)15(26)27/h8-10,21H,1-7,16H2,(H2,17,22)(H,18,23)(H,19,24)(H,26,27). The average molecular weight is 387 g/mol. The highest BCUT2D eigenvalue weighted by Gasteiger charge is 2.38. The van der Waals surface area contributed by atoms with Crippen LogP contribution in [0.1, 0.15) is 25.7 Å². The zero-order valence-corrected chi connectivity index (χ0v) is 14.7. The number of nitrogens with one attached hydrogen (secondary N) is 2. The number of carboxylic acid groups (broad SMARTS) is 1. The Morgan fingerprint density at radius 2 is 1.81 bits per heavy atom. The van der Waals surface area contributed by atoms with Gasteiger partial charge in [0.1, 0.15) is 18.1 Å². The van der Waals surface area contributed by atoms with Crippen molar-refractivity contribution in [2.45, 2.75) is 43.8 Å². The van der Waals surface area contributed by atoms with Crippen molar-refractivity contribution < 1.29 is 34.2 Å². The number of carbonyl (C=O) groups excluding carboxylic acids is 4. The van der Waals surface area contributed by atoms with Gasteiger partial charge in [-0.2, -0.15) is 0 Å². The lowest BCUT2D eigenvalue weighted by Gasteiger charge is -2.27. The van der Waals surface area contributed by atoms with Crippen LogP contribution in [0.25, 0.3) is 0 Å². The Hall–Kier alpha value is -2.73. The summed E-state index contributed by atoms with van der Waals surface area (Å²) in [4.78, 5) is 59.6. The fourth-order valence-electron chi connectivity index (χ4n) is 2.75. The van der Waals surface area contributed by atoms with Crippen LogP contribution in [-0.4, -0.2) is 82.5 Å². The van der Waals surface area contributed by atoms with Gasteiger partial charge in [0, 0.05) is 13.0 Å². The number of carboxylic acids is 1. The molecule has 0 spiro atoms. The van der Waals surface area contributed by atoms with Crippen molar-refractivity contribution in [2.24, 2.45) is 11.5 Å². The summed E-state index contributed by atoms with van der Waals surface area (Å²) in [5, 5.41) is 23.2. The minimum absolute atomic E-state index is 0.124. The van der Waals surface area contributed by atoms with Gasteiger partial charge in [-0.1, -0.05) is 0 Å². The fourth-order valence-corrected chi connectivity index (χ4v) is 2.75. The van der Waals surface area contributed by atoms with E-state index in [0.29, 0.717) is 6.42 Å². The van der Waals surface area contributed by atoms with E-state index in [1.165, 1.54) is 0 Å². The number of primary amides is 1. The first-order valence-electron chi connectivity index (χ1n) is 8.43. The highest BCUT2D eigenvalue weighted by Crippen LogP contribution is 2.18. The van der Waals surface area contributed by atoms with Gasteiger partial charge in [0.15, 0.2) is 0 Å². The van der Waals surface area contributed by atoms with E-state index in [2.05, 4.69) is 10.6 Å². The van der Waals surface area contributed by atoms with Gasteiger partial charge in [0.2, 0.25) is 23.6 Å². The molecule has 1 heterocycles. The molecule has 4 amide bonds. The van der Waals surface area contributed by atoms with Crippen molar-refractivity contribution in [2.75, 3.05) is 19.7 Å². The highest BCUT2D eigenvalue weighted by atomic mass is 16.4. The van der Waals surface area contributed by atoms with Gasteiger partial charge < -0.3 is 37.2 Å². The van der Waals surface area contributed by atoms with Crippen molar-refractivity contribution in [3.8, 4) is 0 Å². The number of aliphatic hydroxyl groups is 1. The Kier molecular flexibility index (Phi) is 8.62. The molecule has 0 radical (unpaired) electrons. The molecule has 0 aromatic rings. The lowest BCUT2D eigenvalue weighted by atomic mass is 10.1. The van der Waals surface area contributed by atoms with Gasteiger partial charge in [0.05, 0.1) is 13.2 Å². The summed E-state index contributed by atoms with van der Waals surface area (Å²) >= 11 is 0. The van der Waals surface area contributed by atoms with Crippen LogP contribution >= 0.6 is 0 Å². The van der Waals surface area contributed by atoms with E-state index in [0.717, 1.165) is 4.90 Å². The lowest BCUT2D eigenvalue weighted by molar-refractivity contribution is -0.150. The van der Waals surface area contributed by atoms with Gasteiger partial charge >= 0.3 is 5.97 Å². The summed E-state index contributed by atoms with van der Waals surface area (Å²) in [6.07, 6.45) is 0.443. The second-order valence-electron chi connectivity index (χ2n) is 6.10. The summed E-state index contributed by atoms with van der Waals surface area (Å²) in [7, 11) is 0. The summed E-state index contributed by atoms with van der Waals surface area (Å²) < 4.78 is 0. The SMILES string of the molecule is NCC(=O)NC(CCC(N)=O)C(=O)NC(CO)C(=O)N1CCCC1C(=O)O. The van der Waals surface area contributed by atoms with Crippen LogP contribution in [0.3, 0.4) is 0 Å². The first kappa shape index (κ1) is 22.3. The number of nitrogens with two attached hydrogens (primary N) is 2. The molecule has 3 atom stereocenters. The van der Waals surface area contributed by atoms with Gasteiger partial charge in [-0.15, -0.1) is 0 Å². The zero-order valence-electron chi connectivity index (χ0n) is 14.7. The minimum Gasteiger partial charge on any atom is -0.480 e. The Labute approximate surface area is 155 Å². The van der Waals surface area contributed by atoms with Crippen LogP contribution in [0.2, 0.25) is 0 Å². The normalized spacial score (nSPS) is 18.4. The third-order valence-corrected chi connectivity index (χ3v) is 4.13. The molecule has 0 aromatic heterocycles. The molecule has 27 heavy (non-hydrogen) atoms. The molecule has 8 N–H and O–H groups in total. The molecule has 1 aliphatic heterocycles. The molecule has 0 aliphatic carbocycles. The number of aliphatic hydroxyl groups excluding tert-OH is 1. The molecule has 0 aromatic carbocycles. The molecule has 152 valence electrons. The van der Waals surface area contributed by atoms with Crippen LogP contribution < -0.4 is 22.1 Å². The number of hydrogen-bond donors (Lipinski definition) is 6. The second-order valence-corrected chi connectivity index (χ2v) is 6.10. The van der Waals surface area contributed by atoms with Gasteiger partial charge in [-0.3, -0.25) is 19.2 Å².